The van der Waals surface area contributed by atoms with Gasteiger partial charge in [-0.15, -0.1) is 0 Å². The fourth-order valence-electron chi connectivity index (χ4n) is 1.10. The van der Waals surface area contributed by atoms with Crippen molar-refractivity contribution in [3.05, 3.63) is 35.1 Å². The fraction of sp³-hybridized carbons (Fsp3) is 0.222. The number of hydrogen-bond acceptors (Lipinski definition) is 1. The van der Waals surface area contributed by atoms with Gasteiger partial charge in [0.2, 0.25) is 0 Å². The number of halogens is 5. The summed E-state index contributed by atoms with van der Waals surface area (Å²) >= 11 is 5.03. The first kappa shape index (κ1) is 12.0. The van der Waals surface area contributed by atoms with Crippen LogP contribution in [0.25, 0.3) is 0 Å². The van der Waals surface area contributed by atoms with E-state index in [1.165, 1.54) is 0 Å². The highest BCUT2D eigenvalue weighted by atomic mass is 35.5. The standard InChI is InChI=1S/C9H5ClF4O/c10-8(15)6-1-5(2-7(11)3-6)4-9(12,13)14/h1-3H,4H2. The van der Waals surface area contributed by atoms with Crippen LogP contribution in [-0.4, -0.2) is 11.4 Å². The van der Waals surface area contributed by atoms with E-state index in [0.717, 1.165) is 18.2 Å². The molecule has 0 aromatic heterocycles. The van der Waals surface area contributed by atoms with Crippen molar-refractivity contribution >= 4 is 16.8 Å². The molecular weight excluding hydrogens is 236 g/mol. The van der Waals surface area contributed by atoms with Gasteiger partial charge in [0.1, 0.15) is 5.82 Å². The summed E-state index contributed by atoms with van der Waals surface area (Å²) in [6, 6.07) is 2.43. The van der Waals surface area contributed by atoms with Gasteiger partial charge in [0.05, 0.1) is 6.42 Å². The van der Waals surface area contributed by atoms with Crippen LogP contribution in [0.5, 0.6) is 0 Å². The zero-order chi connectivity index (χ0) is 11.6. The Morgan fingerprint density at radius 3 is 2.33 bits per heavy atom. The third kappa shape index (κ3) is 3.87. The van der Waals surface area contributed by atoms with E-state index >= 15 is 0 Å². The average Bonchev–Trinajstić information content (AvgIpc) is 1.99. The second-order valence-electron chi connectivity index (χ2n) is 2.91. The summed E-state index contributed by atoms with van der Waals surface area (Å²) in [7, 11) is 0. The van der Waals surface area contributed by atoms with Gasteiger partial charge in [-0.1, -0.05) is 0 Å². The molecule has 15 heavy (non-hydrogen) atoms. The minimum atomic E-state index is -4.44. The number of alkyl halides is 3. The fourth-order valence-corrected chi connectivity index (χ4v) is 1.21. The van der Waals surface area contributed by atoms with Crippen LogP contribution < -0.4 is 0 Å². The summed E-state index contributed by atoms with van der Waals surface area (Å²) in [4.78, 5) is 10.6. The lowest BCUT2D eigenvalue weighted by atomic mass is 10.1. The molecule has 0 spiro atoms. The van der Waals surface area contributed by atoms with Gasteiger partial charge < -0.3 is 0 Å². The van der Waals surface area contributed by atoms with Crippen molar-refractivity contribution in [2.75, 3.05) is 0 Å². The Bertz CT molecular complexity index is 386. The number of carbonyl (C=O) groups is 1. The van der Waals surface area contributed by atoms with Gasteiger partial charge in [-0.05, 0) is 35.4 Å². The average molecular weight is 241 g/mol. The molecule has 0 radical (unpaired) electrons. The van der Waals surface area contributed by atoms with Gasteiger partial charge in [0.15, 0.2) is 0 Å². The SMILES string of the molecule is O=C(Cl)c1cc(F)cc(CC(F)(F)F)c1. The summed E-state index contributed by atoms with van der Waals surface area (Å²) in [5.41, 5.74) is -0.609. The molecule has 0 saturated heterocycles. The summed E-state index contributed by atoms with van der Waals surface area (Å²) in [6.07, 6.45) is -5.73. The monoisotopic (exact) mass is 240 g/mol. The molecule has 1 aromatic rings. The summed E-state index contributed by atoms with van der Waals surface area (Å²) in [5, 5.41) is -0.988. The maximum absolute atomic E-state index is 12.8. The highest BCUT2D eigenvalue weighted by Gasteiger charge is 2.28. The number of carbonyl (C=O) groups excluding carboxylic acids is 1. The topological polar surface area (TPSA) is 17.1 Å². The smallest absolute Gasteiger partial charge is 0.276 e. The Balaban J connectivity index is 3.04. The molecule has 0 fully saturated rings. The molecule has 1 nitrogen and oxygen atoms in total. The zero-order valence-corrected chi connectivity index (χ0v) is 7.99. The van der Waals surface area contributed by atoms with Crippen LogP contribution in [-0.2, 0) is 6.42 Å². The summed E-state index contributed by atoms with van der Waals surface area (Å²) < 4.78 is 48.7. The molecule has 0 unspecified atom stereocenters. The molecule has 0 N–H and O–H groups in total. The van der Waals surface area contributed by atoms with Crippen molar-refractivity contribution in [3.8, 4) is 0 Å². The lowest BCUT2D eigenvalue weighted by molar-refractivity contribution is -0.127. The molecule has 0 bridgehead atoms. The van der Waals surface area contributed by atoms with Gasteiger partial charge in [0.25, 0.3) is 5.24 Å². The number of benzene rings is 1. The Morgan fingerprint density at radius 2 is 1.87 bits per heavy atom. The van der Waals surface area contributed by atoms with Crippen molar-refractivity contribution < 1.29 is 22.4 Å². The first-order chi connectivity index (χ1) is 6.78. The van der Waals surface area contributed by atoms with Crippen LogP contribution in [0.15, 0.2) is 18.2 Å². The molecule has 0 aliphatic rings. The largest absolute Gasteiger partial charge is 0.393 e. The van der Waals surface area contributed by atoms with Crippen molar-refractivity contribution in [1.82, 2.24) is 0 Å². The molecular formula is C9H5ClF4O. The molecule has 1 rings (SSSR count). The maximum Gasteiger partial charge on any atom is 0.393 e. The highest BCUT2D eigenvalue weighted by Crippen LogP contribution is 2.22. The van der Waals surface area contributed by atoms with Crippen molar-refractivity contribution in [2.45, 2.75) is 12.6 Å². The van der Waals surface area contributed by atoms with E-state index in [1.54, 1.807) is 0 Å². The number of hydrogen-bond donors (Lipinski definition) is 0. The molecule has 82 valence electrons. The van der Waals surface area contributed by atoms with Crippen LogP contribution in [0.1, 0.15) is 15.9 Å². The zero-order valence-electron chi connectivity index (χ0n) is 7.24. The quantitative estimate of drug-likeness (QED) is 0.573. The third-order valence-electron chi connectivity index (χ3n) is 1.59. The third-order valence-corrected chi connectivity index (χ3v) is 1.81. The minimum absolute atomic E-state index is 0.282. The molecule has 0 aliphatic heterocycles. The molecule has 0 saturated carbocycles. The van der Waals surface area contributed by atoms with Crippen molar-refractivity contribution in [3.63, 3.8) is 0 Å². The van der Waals surface area contributed by atoms with E-state index in [9.17, 15) is 22.4 Å². The molecule has 0 heterocycles. The number of rotatable bonds is 2. The predicted octanol–water partition coefficient (Wildman–Crippen LogP) is 3.31. The predicted molar refractivity (Wildman–Crippen MR) is 46.3 cm³/mol. The summed E-state index contributed by atoms with van der Waals surface area (Å²) in [5.74, 6) is -0.916. The van der Waals surface area contributed by atoms with E-state index in [4.69, 9.17) is 11.6 Å². The normalized spacial score (nSPS) is 11.5. The van der Waals surface area contributed by atoms with Gasteiger partial charge in [-0.2, -0.15) is 13.2 Å². The van der Waals surface area contributed by atoms with Crippen LogP contribution in [0, 0.1) is 5.82 Å². The molecule has 1 aromatic carbocycles. The van der Waals surface area contributed by atoms with Crippen LogP contribution in [0.4, 0.5) is 17.6 Å². The highest BCUT2D eigenvalue weighted by molar-refractivity contribution is 6.67. The molecule has 6 heteroatoms. The van der Waals surface area contributed by atoms with Gasteiger partial charge in [-0.25, -0.2) is 4.39 Å². The van der Waals surface area contributed by atoms with Crippen LogP contribution in [0.3, 0.4) is 0 Å². The van der Waals surface area contributed by atoms with Gasteiger partial charge in [-0.3, -0.25) is 4.79 Å². The second-order valence-corrected chi connectivity index (χ2v) is 3.26. The first-order valence-corrected chi connectivity index (χ1v) is 4.22. The summed E-state index contributed by atoms with van der Waals surface area (Å²) in [6.45, 7) is 0. The first-order valence-electron chi connectivity index (χ1n) is 3.84. The van der Waals surface area contributed by atoms with E-state index in [0.29, 0.717) is 0 Å². The van der Waals surface area contributed by atoms with Crippen LogP contribution in [0.2, 0.25) is 0 Å². The Kier molecular flexibility index (Phi) is 3.34. The molecule has 0 amide bonds. The van der Waals surface area contributed by atoms with E-state index in [1.807, 2.05) is 0 Å². The lowest BCUT2D eigenvalue weighted by Gasteiger charge is -2.07. The minimum Gasteiger partial charge on any atom is -0.276 e. The van der Waals surface area contributed by atoms with E-state index < -0.39 is 23.7 Å². The van der Waals surface area contributed by atoms with Crippen molar-refractivity contribution in [2.24, 2.45) is 0 Å². The Morgan fingerprint density at radius 1 is 1.27 bits per heavy atom. The second kappa shape index (κ2) is 4.18. The maximum atomic E-state index is 12.8. The van der Waals surface area contributed by atoms with E-state index in [2.05, 4.69) is 0 Å². The van der Waals surface area contributed by atoms with Crippen molar-refractivity contribution in [1.29, 1.82) is 0 Å². The molecule has 0 atom stereocenters. The molecule has 0 aliphatic carbocycles. The lowest BCUT2D eigenvalue weighted by Crippen LogP contribution is -2.12. The Labute approximate surface area is 87.7 Å². The van der Waals surface area contributed by atoms with Gasteiger partial charge in [0, 0.05) is 5.56 Å². The van der Waals surface area contributed by atoms with Gasteiger partial charge >= 0.3 is 6.18 Å². The van der Waals surface area contributed by atoms with Crippen LogP contribution >= 0.6 is 11.6 Å². The Hall–Kier alpha value is -1.10. The van der Waals surface area contributed by atoms with E-state index in [-0.39, 0.29) is 11.1 Å².